The zero-order valence-electron chi connectivity index (χ0n) is 16.4. The van der Waals surface area contributed by atoms with Crippen molar-refractivity contribution in [1.29, 1.82) is 0 Å². The molecule has 2 amide bonds. The Labute approximate surface area is 208 Å². The van der Waals surface area contributed by atoms with Crippen LogP contribution >= 0.6 is 43.5 Å². The molecular formula is C21H13Br2ClN4O5. The van der Waals surface area contributed by atoms with Crippen LogP contribution in [0.5, 0.6) is 5.75 Å². The third kappa shape index (κ3) is 5.95. The zero-order chi connectivity index (χ0) is 24.1. The van der Waals surface area contributed by atoms with Gasteiger partial charge in [0.15, 0.2) is 0 Å². The van der Waals surface area contributed by atoms with Gasteiger partial charge in [-0.25, -0.2) is 5.43 Å². The lowest BCUT2D eigenvalue weighted by Gasteiger charge is -2.11. The maximum Gasteiger partial charge on any atom is 0.273 e. The van der Waals surface area contributed by atoms with E-state index in [1.807, 2.05) is 0 Å². The van der Waals surface area contributed by atoms with Gasteiger partial charge in [0.25, 0.3) is 17.5 Å². The number of nitrogens with zero attached hydrogens (tertiary/aromatic N) is 2. The Balaban J connectivity index is 1.78. The lowest BCUT2D eigenvalue weighted by molar-refractivity contribution is -0.384. The van der Waals surface area contributed by atoms with Crippen LogP contribution < -0.4 is 10.7 Å². The first-order valence-electron chi connectivity index (χ1n) is 9.03. The normalized spacial score (nSPS) is 10.8. The van der Waals surface area contributed by atoms with Crippen molar-refractivity contribution in [3.63, 3.8) is 0 Å². The van der Waals surface area contributed by atoms with E-state index in [2.05, 4.69) is 47.7 Å². The van der Waals surface area contributed by atoms with Crippen LogP contribution in [0.4, 0.5) is 11.4 Å². The van der Waals surface area contributed by atoms with Crippen molar-refractivity contribution in [1.82, 2.24) is 5.43 Å². The highest BCUT2D eigenvalue weighted by Crippen LogP contribution is 2.32. The van der Waals surface area contributed by atoms with Crippen molar-refractivity contribution < 1.29 is 19.6 Å². The van der Waals surface area contributed by atoms with E-state index in [4.69, 9.17) is 11.6 Å². The number of carbonyl (C=O) groups is 2. The summed E-state index contributed by atoms with van der Waals surface area (Å²) in [5.41, 5.74) is 2.82. The first-order valence-corrected chi connectivity index (χ1v) is 11.0. The second-order valence-corrected chi connectivity index (χ2v) is 8.57. The first kappa shape index (κ1) is 24.4. The highest BCUT2D eigenvalue weighted by molar-refractivity contribution is 9.11. The molecule has 0 heterocycles. The summed E-state index contributed by atoms with van der Waals surface area (Å²) >= 11 is 12.4. The number of hydrogen-bond donors (Lipinski definition) is 3. The van der Waals surface area contributed by atoms with E-state index < -0.39 is 16.7 Å². The van der Waals surface area contributed by atoms with Crippen molar-refractivity contribution >= 4 is 72.9 Å². The Morgan fingerprint density at radius 2 is 1.70 bits per heavy atom. The summed E-state index contributed by atoms with van der Waals surface area (Å²) in [6.07, 6.45) is 1.37. The summed E-state index contributed by atoms with van der Waals surface area (Å²) in [5, 5.41) is 27.2. The number of benzene rings is 3. The quantitative estimate of drug-likeness (QED) is 0.196. The van der Waals surface area contributed by atoms with E-state index in [1.54, 1.807) is 24.3 Å². The number of para-hydroxylation sites is 1. The molecule has 0 saturated heterocycles. The summed E-state index contributed by atoms with van der Waals surface area (Å²) in [6.45, 7) is 0. The minimum atomic E-state index is -0.716. The molecule has 3 rings (SSSR count). The smallest absolute Gasteiger partial charge is 0.273 e. The Kier molecular flexibility index (Phi) is 7.79. The number of carbonyl (C=O) groups excluding carboxylic acids is 2. The zero-order valence-corrected chi connectivity index (χ0v) is 20.3. The predicted molar refractivity (Wildman–Crippen MR) is 131 cm³/mol. The van der Waals surface area contributed by atoms with Crippen LogP contribution in [0.1, 0.15) is 26.3 Å². The molecule has 0 aliphatic heterocycles. The molecule has 0 bridgehead atoms. The Hall–Kier alpha value is -3.28. The summed E-state index contributed by atoms with van der Waals surface area (Å²) in [6, 6.07) is 12.9. The largest absolute Gasteiger partial charge is 0.506 e. The van der Waals surface area contributed by atoms with Gasteiger partial charge in [0, 0.05) is 12.1 Å². The summed E-state index contributed by atoms with van der Waals surface area (Å²) < 4.78 is 0.884. The maximum absolute atomic E-state index is 12.7. The topological polar surface area (TPSA) is 134 Å². The van der Waals surface area contributed by atoms with Crippen molar-refractivity contribution in [2.24, 2.45) is 5.10 Å². The van der Waals surface area contributed by atoms with Crippen LogP contribution in [-0.2, 0) is 0 Å². The predicted octanol–water partition coefficient (Wildman–Crippen LogP) is 5.50. The fraction of sp³-hybridized carbons (Fsp3) is 0. The molecule has 0 atom stereocenters. The maximum atomic E-state index is 12.7. The number of aromatic hydroxyl groups is 1. The summed E-state index contributed by atoms with van der Waals surface area (Å²) in [7, 11) is 0. The third-order valence-corrected chi connectivity index (χ3v) is 5.78. The molecule has 0 aliphatic carbocycles. The number of nitrogens with one attached hydrogen (secondary N) is 2. The SMILES string of the molecule is O=C(Nc1ccccc1C(=O)NN=Cc1cc(Br)c(O)c(Br)c1)c1cc([N+](=O)[O-])ccc1Cl. The number of phenolic OH excluding ortho intramolecular Hbond substituents is 1. The molecule has 0 aliphatic rings. The average molecular weight is 597 g/mol. The number of hydrazone groups is 1. The Bertz CT molecular complexity index is 1280. The van der Waals surface area contributed by atoms with Gasteiger partial charge in [-0.05, 0) is 67.8 Å². The molecule has 9 nitrogen and oxygen atoms in total. The number of nitro benzene ring substituents is 1. The molecule has 168 valence electrons. The van der Waals surface area contributed by atoms with Gasteiger partial charge < -0.3 is 10.4 Å². The molecule has 0 spiro atoms. The van der Waals surface area contributed by atoms with E-state index >= 15 is 0 Å². The molecule has 3 N–H and O–H groups in total. The van der Waals surface area contributed by atoms with E-state index in [0.717, 1.165) is 6.07 Å². The van der Waals surface area contributed by atoms with E-state index in [-0.39, 0.29) is 33.3 Å². The molecule has 33 heavy (non-hydrogen) atoms. The summed E-state index contributed by atoms with van der Waals surface area (Å²) in [5.74, 6) is -1.29. The first-order chi connectivity index (χ1) is 15.7. The number of amides is 2. The molecule has 0 aromatic heterocycles. The van der Waals surface area contributed by atoms with Gasteiger partial charge in [0.2, 0.25) is 0 Å². The van der Waals surface area contributed by atoms with Gasteiger partial charge in [-0.1, -0.05) is 23.7 Å². The monoisotopic (exact) mass is 594 g/mol. The molecule has 0 radical (unpaired) electrons. The van der Waals surface area contributed by atoms with Crippen LogP contribution in [0.25, 0.3) is 0 Å². The number of phenols is 1. The summed E-state index contributed by atoms with van der Waals surface area (Å²) in [4.78, 5) is 35.6. The second kappa shape index (κ2) is 10.6. The van der Waals surface area contributed by atoms with E-state index in [1.165, 1.54) is 30.5 Å². The minimum Gasteiger partial charge on any atom is -0.506 e. The minimum absolute atomic E-state index is 0.0239. The van der Waals surface area contributed by atoms with Crippen molar-refractivity contribution in [3.05, 3.63) is 95.4 Å². The fourth-order valence-corrected chi connectivity index (χ4v) is 4.09. The molecular weight excluding hydrogens is 584 g/mol. The Morgan fingerprint density at radius 1 is 1.03 bits per heavy atom. The van der Waals surface area contributed by atoms with Gasteiger partial charge in [-0.15, -0.1) is 0 Å². The van der Waals surface area contributed by atoms with Crippen molar-refractivity contribution in [2.45, 2.75) is 0 Å². The van der Waals surface area contributed by atoms with E-state index in [9.17, 15) is 24.8 Å². The van der Waals surface area contributed by atoms with Crippen LogP contribution in [-0.4, -0.2) is 28.1 Å². The van der Waals surface area contributed by atoms with Gasteiger partial charge in [-0.3, -0.25) is 19.7 Å². The van der Waals surface area contributed by atoms with Gasteiger partial charge in [0.05, 0.1) is 41.9 Å². The third-order valence-electron chi connectivity index (χ3n) is 4.24. The number of anilines is 1. The molecule has 3 aromatic rings. The number of hydrogen-bond acceptors (Lipinski definition) is 6. The molecule has 12 heteroatoms. The van der Waals surface area contributed by atoms with Crippen LogP contribution in [0.2, 0.25) is 5.02 Å². The van der Waals surface area contributed by atoms with Gasteiger partial charge >= 0.3 is 0 Å². The number of nitro groups is 1. The highest BCUT2D eigenvalue weighted by Gasteiger charge is 2.18. The van der Waals surface area contributed by atoms with Crippen LogP contribution in [0.15, 0.2) is 68.6 Å². The molecule has 3 aromatic carbocycles. The van der Waals surface area contributed by atoms with Gasteiger partial charge in [-0.2, -0.15) is 5.10 Å². The Morgan fingerprint density at radius 3 is 2.36 bits per heavy atom. The lowest BCUT2D eigenvalue weighted by atomic mass is 10.1. The van der Waals surface area contributed by atoms with Crippen molar-refractivity contribution in [2.75, 3.05) is 5.32 Å². The number of halogens is 3. The molecule has 0 unspecified atom stereocenters. The number of rotatable bonds is 6. The molecule has 0 fully saturated rings. The highest BCUT2D eigenvalue weighted by atomic mass is 79.9. The van der Waals surface area contributed by atoms with Crippen LogP contribution in [0.3, 0.4) is 0 Å². The number of non-ortho nitro benzene ring substituents is 1. The molecule has 0 saturated carbocycles. The van der Waals surface area contributed by atoms with E-state index in [0.29, 0.717) is 14.5 Å². The second-order valence-electron chi connectivity index (χ2n) is 6.45. The average Bonchev–Trinajstić information content (AvgIpc) is 2.77. The standard InChI is InChI=1S/C21H13Br2ClN4O5/c22-15-7-11(8-16(23)19(15)29)10-25-27-21(31)13-3-1-2-4-18(13)26-20(30)14-9-12(28(32)33)5-6-17(14)24/h1-10,29H,(H,26,30)(H,27,31). The lowest BCUT2D eigenvalue weighted by Crippen LogP contribution is -2.21. The van der Waals surface area contributed by atoms with Crippen molar-refractivity contribution in [3.8, 4) is 5.75 Å². The van der Waals surface area contributed by atoms with Gasteiger partial charge in [0.1, 0.15) is 5.75 Å². The fourth-order valence-electron chi connectivity index (χ4n) is 2.67. The van der Waals surface area contributed by atoms with Crippen LogP contribution in [0, 0.1) is 10.1 Å².